The van der Waals surface area contributed by atoms with Crippen LogP contribution >= 0.6 is 0 Å². The van der Waals surface area contributed by atoms with Crippen LogP contribution in [0.5, 0.6) is 0 Å². The number of fused-ring (bicyclic) bond motifs is 3. The summed E-state index contributed by atoms with van der Waals surface area (Å²) in [6.07, 6.45) is 1.71. The third kappa shape index (κ3) is 3.00. The van der Waals surface area contributed by atoms with Gasteiger partial charge in [-0.1, -0.05) is 48.5 Å². The number of imidazole rings is 1. The van der Waals surface area contributed by atoms with Gasteiger partial charge >= 0.3 is 5.69 Å². The smallest absolute Gasteiger partial charge is 0.309 e. The van der Waals surface area contributed by atoms with Crippen LogP contribution in [0.15, 0.2) is 64.2 Å². The zero-order valence-corrected chi connectivity index (χ0v) is 16.5. The number of nitrogens with zero attached hydrogens (tertiary/aromatic N) is 3. The predicted molar refractivity (Wildman–Crippen MR) is 115 cm³/mol. The van der Waals surface area contributed by atoms with Gasteiger partial charge in [0.1, 0.15) is 5.52 Å². The van der Waals surface area contributed by atoms with Gasteiger partial charge in [-0.15, -0.1) is 0 Å². The van der Waals surface area contributed by atoms with Crippen molar-refractivity contribution in [2.45, 2.75) is 25.4 Å². The van der Waals surface area contributed by atoms with Crippen molar-refractivity contribution in [3.8, 4) is 0 Å². The highest BCUT2D eigenvalue weighted by atomic mass is 16.2. The number of hydrogen-bond acceptors (Lipinski definition) is 3. The average molecular weight is 388 g/mol. The Balaban J connectivity index is 1.49. The molecule has 2 aromatic heterocycles. The van der Waals surface area contributed by atoms with Gasteiger partial charge < -0.3 is 9.55 Å². The molecule has 29 heavy (non-hydrogen) atoms. The molecule has 6 nitrogen and oxygen atoms in total. The molecule has 0 unspecified atom stereocenters. The fourth-order valence-electron chi connectivity index (χ4n) is 4.62. The zero-order chi connectivity index (χ0) is 20.0. The molecule has 4 aromatic rings. The minimum absolute atomic E-state index is 0.0390. The summed E-state index contributed by atoms with van der Waals surface area (Å²) in [4.78, 5) is 31.3. The van der Waals surface area contributed by atoms with Crippen molar-refractivity contribution < 1.29 is 0 Å². The van der Waals surface area contributed by atoms with E-state index < -0.39 is 0 Å². The highest BCUT2D eigenvalue weighted by Gasteiger charge is 2.26. The zero-order valence-electron chi connectivity index (χ0n) is 16.5. The summed E-state index contributed by atoms with van der Waals surface area (Å²) < 4.78 is 3.36. The Hall–Kier alpha value is -3.12. The number of piperidine rings is 1. The number of rotatable bonds is 3. The van der Waals surface area contributed by atoms with E-state index in [1.54, 1.807) is 16.2 Å². The van der Waals surface area contributed by atoms with Crippen LogP contribution in [0, 0.1) is 0 Å². The summed E-state index contributed by atoms with van der Waals surface area (Å²) in [6.45, 7) is 2.74. The molecule has 0 radical (unpaired) electrons. The number of hydrogen-bond donors (Lipinski definition) is 1. The van der Waals surface area contributed by atoms with E-state index in [-0.39, 0.29) is 17.3 Å². The lowest BCUT2D eigenvalue weighted by atomic mass is 10.0. The number of aromatic nitrogens is 3. The van der Waals surface area contributed by atoms with Crippen LogP contribution < -0.4 is 11.2 Å². The number of pyridine rings is 1. The maximum atomic E-state index is 13.1. The average Bonchev–Trinajstić information content (AvgIpc) is 3.11. The molecule has 0 saturated carbocycles. The van der Waals surface area contributed by atoms with Gasteiger partial charge in [-0.3, -0.25) is 14.3 Å². The SMILES string of the molecule is Cn1c(=O)c2c([nH]c(=O)n2C2CCN(Cc3ccccc3)CC2)c2ccccc21. The maximum Gasteiger partial charge on any atom is 0.326 e. The van der Waals surface area contributed by atoms with Crippen LogP contribution in [0.2, 0.25) is 0 Å². The molecular weight excluding hydrogens is 364 g/mol. The molecule has 1 aliphatic rings. The maximum absolute atomic E-state index is 13.1. The normalized spacial score (nSPS) is 16.0. The van der Waals surface area contributed by atoms with Crippen molar-refractivity contribution in [1.82, 2.24) is 19.0 Å². The lowest BCUT2D eigenvalue weighted by Gasteiger charge is -2.32. The van der Waals surface area contributed by atoms with E-state index in [0.717, 1.165) is 43.4 Å². The van der Waals surface area contributed by atoms with Crippen molar-refractivity contribution in [1.29, 1.82) is 0 Å². The Kier molecular flexibility index (Phi) is 4.36. The number of benzene rings is 2. The number of nitrogens with one attached hydrogen (secondary N) is 1. The first kappa shape index (κ1) is 17.9. The standard InChI is InChI=1S/C23H24N4O2/c1-25-19-10-6-5-9-18(19)20-21(22(25)28)27(23(29)24-20)17-11-13-26(14-12-17)15-16-7-3-2-4-8-16/h2-10,17H,11-15H2,1H3,(H,24,29). The van der Waals surface area contributed by atoms with Gasteiger partial charge in [0.05, 0.1) is 11.0 Å². The largest absolute Gasteiger partial charge is 0.326 e. The van der Waals surface area contributed by atoms with Crippen molar-refractivity contribution in [3.05, 3.63) is 81.0 Å². The summed E-state index contributed by atoms with van der Waals surface area (Å²) in [6, 6.07) is 18.2. The second-order valence-electron chi connectivity index (χ2n) is 7.90. The van der Waals surface area contributed by atoms with Crippen LogP contribution in [-0.2, 0) is 13.6 Å². The van der Waals surface area contributed by atoms with Crippen LogP contribution in [0.4, 0.5) is 0 Å². The first-order valence-corrected chi connectivity index (χ1v) is 10.1. The van der Waals surface area contributed by atoms with E-state index in [1.807, 2.05) is 30.3 Å². The van der Waals surface area contributed by atoms with E-state index in [1.165, 1.54) is 5.56 Å². The van der Waals surface area contributed by atoms with E-state index in [9.17, 15) is 9.59 Å². The van der Waals surface area contributed by atoms with Gasteiger partial charge in [0.2, 0.25) is 0 Å². The molecule has 1 saturated heterocycles. The topological polar surface area (TPSA) is 63.0 Å². The van der Waals surface area contributed by atoms with Gasteiger partial charge in [0, 0.05) is 38.1 Å². The number of para-hydroxylation sites is 1. The first-order valence-electron chi connectivity index (χ1n) is 10.1. The summed E-state index contributed by atoms with van der Waals surface area (Å²) >= 11 is 0. The molecule has 6 heteroatoms. The molecule has 5 rings (SSSR count). The second-order valence-corrected chi connectivity index (χ2v) is 7.90. The summed E-state index contributed by atoms with van der Waals surface area (Å²) in [5.74, 6) is 0. The highest BCUT2D eigenvalue weighted by molar-refractivity contribution is 6.02. The van der Waals surface area contributed by atoms with Crippen molar-refractivity contribution >= 4 is 21.9 Å². The van der Waals surface area contributed by atoms with Crippen LogP contribution in [0.25, 0.3) is 21.9 Å². The van der Waals surface area contributed by atoms with Crippen LogP contribution in [0.1, 0.15) is 24.4 Å². The quantitative estimate of drug-likeness (QED) is 0.587. The Labute approximate surface area is 168 Å². The lowest BCUT2D eigenvalue weighted by Crippen LogP contribution is -2.37. The molecule has 0 spiro atoms. The Morgan fingerprint density at radius 3 is 2.41 bits per heavy atom. The number of aromatic amines is 1. The molecule has 0 atom stereocenters. The molecule has 148 valence electrons. The summed E-state index contributed by atoms with van der Waals surface area (Å²) in [5, 5.41) is 0.905. The lowest BCUT2D eigenvalue weighted by molar-refractivity contribution is 0.180. The van der Waals surface area contributed by atoms with Crippen LogP contribution in [-0.4, -0.2) is 32.1 Å². The Morgan fingerprint density at radius 1 is 0.966 bits per heavy atom. The molecule has 0 aliphatic carbocycles. The highest BCUT2D eigenvalue weighted by Crippen LogP contribution is 2.27. The van der Waals surface area contributed by atoms with Gasteiger partial charge in [-0.25, -0.2) is 4.79 Å². The number of likely N-dealkylation sites (tertiary alicyclic amines) is 1. The molecule has 0 bridgehead atoms. The Morgan fingerprint density at radius 2 is 1.66 bits per heavy atom. The van der Waals surface area contributed by atoms with Gasteiger partial charge in [-0.05, 0) is 24.5 Å². The molecule has 1 aliphatic heterocycles. The van der Waals surface area contributed by atoms with Gasteiger partial charge in [0.25, 0.3) is 5.56 Å². The van der Waals surface area contributed by atoms with E-state index in [2.05, 4.69) is 34.1 Å². The van der Waals surface area contributed by atoms with Crippen molar-refractivity contribution in [2.75, 3.05) is 13.1 Å². The minimum Gasteiger partial charge on any atom is -0.309 e. The van der Waals surface area contributed by atoms with E-state index >= 15 is 0 Å². The Bertz CT molecular complexity index is 1290. The minimum atomic E-state index is -0.185. The van der Waals surface area contributed by atoms with Gasteiger partial charge in [-0.2, -0.15) is 0 Å². The molecule has 0 amide bonds. The molecule has 3 heterocycles. The molecule has 1 N–H and O–H groups in total. The fourth-order valence-corrected chi connectivity index (χ4v) is 4.62. The fraction of sp³-hybridized carbons (Fsp3) is 0.304. The molecule has 2 aromatic carbocycles. The van der Waals surface area contributed by atoms with Crippen molar-refractivity contribution in [2.24, 2.45) is 7.05 Å². The summed E-state index contributed by atoms with van der Waals surface area (Å²) in [5.41, 5.74) is 2.98. The first-order chi connectivity index (χ1) is 14.1. The summed E-state index contributed by atoms with van der Waals surface area (Å²) in [7, 11) is 1.77. The van der Waals surface area contributed by atoms with Crippen molar-refractivity contribution in [3.63, 3.8) is 0 Å². The van der Waals surface area contributed by atoms with Crippen LogP contribution in [0.3, 0.4) is 0 Å². The second kappa shape index (κ2) is 7.04. The monoisotopic (exact) mass is 388 g/mol. The number of H-pyrrole nitrogens is 1. The van der Waals surface area contributed by atoms with Gasteiger partial charge in [0.15, 0.2) is 0 Å². The number of aryl methyl sites for hydroxylation is 1. The van der Waals surface area contributed by atoms with E-state index in [4.69, 9.17) is 0 Å². The van der Waals surface area contributed by atoms with E-state index in [0.29, 0.717) is 11.0 Å². The molecular formula is C23H24N4O2. The molecule has 1 fully saturated rings. The third-order valence-corrected chi connectivity index (χ3v) is 6.14. The third-order valence-electron chi connectivity index (χ3n) is 6.14. The predicted octanol–water partition coefficient (Wildman–Crippen LogP) is 3.02.